The molecule has 1 aromatic heterocycles. The van der Waals surface area contributed by atoms with Crippen molar-refractivity contribution in [3.8, 4) is 0 Å². The number of benzene rings is 1. The average Bonchev–Trinajstić information content (AvgIpc) is 3.32. The fourth-order valence-electron chi connectivity index (χ4n) is 3.22. The summed E-state index contributed by atoms with van der Waals surface area (Å²) in [6, 6.07) is 8.64. The highest BCUT2D eigenvalue weighted by Gasteiger charge is 2.17. The molecule has 0 bridgehead atoms. The highest BCUT2D eigenvalue weighted by molar-refractivity contribution is 5.83. The van der Waals surface area contributed by atoms with E-state index in [-0.39, 0.29) is 12.1 Å². The maximum Gasteiger partial charge on any atom is 0.191 e. The van der Waals surface area contributed by atoms with Gasteiger partial charge in [0.05, 0.1) is 19.3 Å². The Labute approximate surface area is 155 Å². The van der Waals surface area contributed by atoms with Gasteiger partial charge in [-0.25, -0.2) is 0 Å². The smallest absolute Gasteiger partial charge is 0.191 e. The molecular formula is C20H30N4O2. The third-order valence-corrected chi connectivity index (χ3v) is 4.67. The highest BCUT2D eigenvalue weighted by Crippen LogP contribution is 2.18. The van der Waals surface area contributed by atoms with Crippen LogP contribution < -0.4 is 10.6 Å². The van der Waals surface area contributed by atoms with Gasteiger partial charge in [0.25, 0.3) is 0 Å². The Morgan fingerprint density at radius 2 is 2.31 bits per heavy atom. The normalized spacial score (nSPS) is 19.0. The second kappa shape index (κ2) is 9.59. The summed E-state index contributed by atoms with van der Waals surface area (Å²) in [5.41, 5.74) is 2.57. The van der Waals surface area contributed by atoms with Crippen LogP contribution in [0.3, 0.4) is 0 Å². The zero-order valence-electron chi connectivity index (χ0n) is 15.8. The zero-order chi connectivity index (χ0) is 18.2. The van der Waals surface area contributed by atoms with Crippen LogP contribution in [-0.4, -0.2) is 56.5 Å². The molecule has 2 aromatic rings. The molecular weight excluding hydrogens is 328 g/mol. The van der Waals surface area contributed by atoms with Gasteiger partial charge in [-0.15, -0.1) is 0 Å². The van der Waals surface area contributed by atoms with Gasteiger partial charge in [-0.1, -0.05) is 18.2 Å². The van der Waals surface area contributed by atoms with Crippen LogP contribution in [-0.2, 0) is 15.9 Å². The van der Waals surface area contributed by atoms with Gasteiger partial charge < -0.3 is 25.1 Å². The molecule has 2 unspecified atom stereocenters. The van der Waals surface area contributed by atoms with Crippen LogP contribution in [0.25, 0.3) is 10.9 Å². The molecule has 0 aliphatic carbocycles. The molecule has 1 aliphatic heterocycles. The number of aryl methyl sites for hydroxylation is 1. The zero-order valence-corrected chi connectivity index (χ0v) is 15.8. The number of nitrogens with zero attached hydrogens (tertiary/aromatic N) is 1. The van der Waals surface area contributed by atoms with Crippen molar-refractivity contribution in [1.29, 1.82) is 0 Å². The van der Waals surface area contributed by atoms with E-state index < -0.39 is 0 Å². The number of aromatic amines is 1. The van der Waals surface area contributed by atoms with Gasteiger partial charge in [-0.3, -0.25) is 4.99 Å². The van der Waals surface area contributed by atoms with E-state index in [0.29, 0.717) is 13.2 Å². The topological polar surface area (TPSA) is 70.7 Å². The Kier molecular flexibility index (Phi) is 6.91. The molecule has 1 aromatic carbocycles. The highest BCUT2D eigenvalue weighted by atomic mass is 16.5. The minimum atomic E-state index is 0.204. The lowest BCUT2D eigenvalue weighted by molar-refractivity contribution is 0.0347. The van der Waals surface area contributed by atoms with E-state index in [1.807, 2.05) is 0 Å². The van der Waals surface area contributed by atoms with Crippen LogP contribution in [0.5, 0.6) is 0 Å². The average molecular weight is 358 g/mol. The molecule has 0 spiro atoms. The number of fused-ring (bicyclic) bond motifs is 1. The van der Waals surface area contributed by atoms with Crippen LogP contribution in [0.15, 0.2) is 35.5 Å². The molecule has 0 radical (unpaired) electrons. The lowest BCUT2D eigenvalue weighted by Gasteiger charge is -2.19. The first kappa shape index (κ1) is 18.7. The van der Waals surface area contributed by atoms with Crippen LogP contribution in [0.2, 0.25) is 0 Å². The minimum Gasteiger partial charge on any atom is -0.379 e. The lowest BCUT2D eigenvalue weighted by Crippen LogP contribution is -2.44. The maximum atomic E-state index is 5.85. The number of guanidine groups is 1. The Morgan fingerprint density at radius 1 is 1.42 bits per heavy atom. The molecule has 3 N–H and O–H groups in total. The van der Waals surface area contributed by atoms with Gasteiger partial charge in [0.1, 0.15) is 0 Å². The van der Waals surface area contributed by atoms with Crippen molar-refractivity contribution in [2.24, 2.45) is 4.99 Å². The first-order valence-corrected chi connectivity index (χ1v) is 9.48. The van der Waals surface area contributed by atoms with Crippen molar-refractivity contribution in [3.63, 3.8) is 0 Å². The van der Waals surface area contributed by atoms with E-state index in [1.165, 1.54) is 16.5 Å². The number of hydrogen-bond acceptors (Lipinski definition) is 3. The summed E-state index contributed by atoms with van der Waals surface area (Å²) >= 11 is 0. The van der Waals surface area contributed by atoms with E-state index in [9.17, 15) is 0 Å². The Hall–Kier alpha value is -2.05. The first-order valence-electron chi connectivity index (χ1n) is 9.48. The number of para-hydroxylation sites is 1. The number of H-pyrrole nitrogens is 1. The second-order valence-corrected chi connectivity index (χ2v) is 6.83. The van der Waals surface area contributed by atoms with Crippen molar-refractivity contribution < 1.29 is 9.47 Å². The molecule has 0 saturated carbocycles. The van der Waals surface area contributed by atoms with Gasteiger partial charge in [0.2, 0.25) is 0 Å². The molecule has 1 saturated heterocycles. The molecule has 142 valence electrons. The van der Waals surface area contributed by atoms with E-state index >= 15 is 0 Å². The molecule has 2 heterocycles. The summed E-state index contributed by atoms with van der Waals surface area (Å²) in [7, 11) is 1.80. The monoisotopic (exact) mass is 358 g/mol. The van der Waals surface area contributed by atoms with Gasteiger partial charge in [0, 0.05) is 43.3 Å². The van der Waals surface area contributed by atoms with Crippen molar-refractivity contribution in [1.82, 2.24) is 15.6 Å². The summed E-state index contributed by atoms with van der Waals surface area (Å²) in [5, 5.41) is 8.08. The molecule has 26 heavy (non-hydrogen) atoms. The summed E-state index contributed by atoms with van der Waals surface area (Å²) < 4.78 is 11.2. The fourth-order valence-corrected chi connectivity index (χ4v) is 3.22. The Balaban J connectivity index is 1.35. The SMILES string of the molecule is CN=C(NCCCc1c[nH]c2ccccc12)NC(C)COC1CCOC1. The van der Waals surface area contributed by atoms with Gasteiger partial charge in [-0.2, -0.15) is 0 Å². The third-order valence-electron chi connectivity index (χ3n) is 4.67. The van der Waals surface area contributed by atoms with E-state index in [1.54, 1.807) is 7.05 Å². The Bertz CT molecular complexity index is 707. The summed E-state index contributed by atoms with van der Waals surface area (Å²) in [6.07, 6.45) is 5.43. The Morgan fingerprint density at radius 3 is 3.12 bits per heavy atom. The summed E-state index contributed by atoms with van der Waals surface area (Å²) in [5.74, 6) is 0.822. The molecule has 6 nitrogen and oxygen atoms in total. The molecule has 0 amide bonds. The number of aliphatic imine (C=N–C) groups is 1. The predicted octanol–water partition coefficient (Wildman–Crippen LogP) is 2.46. The van der Waals surface area contributed by atoms with Crippen molar-refractivity contribution in [2.45, 2.75) is 38.3 Å². The summed E-state index contributed by atoms with van der Waals surface area (Å²) in [6.45, 7) is 5.17. The van der Waals surface area contributed by atoms with Crippen molar-refractivity contribution >= 4 is 16.9 Å². The number of nitrogens with one attached hydrogen (secondary N) is 3. The number of ether oxygens (including phenoxy) is 2. The molecule has 1 fully saturated rings. The van der Waals surface area contributed by atoms with Gasteiger partial charge in [0.15, 0.2) is 5.96 Å². The standard InChI is InChI=1S/C20H30N4O2/c1-15(13-26-17-9-11-25-14-17)24-20(21-2)22-10-5-6-16-12-23-19-8-4-3-7-18(16)19/h3-4,7-8,12,15,17,23H,5-6,9-11,13-14H2,1-2H3,(H2,21,22,24). The van der Waals surface area contributed by atoms with Crippen LogP contribution in [0.1, 0.15) is 25.3 Å². The fraction of sp³-hybridized carbons (Fsp3) is 0.550. The summed E-state index contributed by atoms with van der Waals surface area (Å²) in [4.78, 5) is 7.63. The van der Waals surface area contributed by atoms with Gasteiger partial charge >= 0.3 is 0 Å². The van der Waals surface area contributed by atoms with E-state index in [4.69, 9.17) is 9.47 Å². The van der Waals surface area contributed by atoms with Crippen LogP contribution in [0.4, 0.5) is 0 Å². The quantitative estimate of drug-likeness (QED) is 0.385. The largest absolute Gasteiger partial charge is 0.379 e. The molecule has 2 atom stereocenters. The van der Waals surface area contributed by atoms with Gasteiger partial charge in [-0.05, 0) is 37.8 Å². The molecule has 1 aliphatic rings. The second-order valence-electron chi connectivity index (χ2n) is 6.83. The molecule has 3 rings (SSSR count). The first-order chi connectivity index (χ1) is 12.8. The van der Waals surface area contributed by atoms with Crippen LogP contribution >= 0.6 is 0 Å². The van der Waals surface area contributed by atoms with E-state index in [0.717, 1.165) is 38.4 Å². The van der Waals surface area contributed by atoms with Crippen molar-refractivity contribution in [3.05, 3.63) is 36.0 Å². The number of hydrogen-bond donors (Lipinski definition) is 3. The number of rotatable bonds is 8. The third kappa shape index (κ3) is 5.22. The van der Waals surface area contributed by atoms with Crippen molar-refractivity contribution in [2.75, 3.05) is 33.4 Å². The van der Waals surface area contributed by atoms with Crippen LogP contribution in [0, 0.1) is 0 Å². The minimum absolute atomic E-state index is 0.204. The van der Waals surface area contributed by atoms with E-state index in [2.05, 4.69) is 58.0 Å². The lowest BCUT2D eigenvalue weighted by atomic mass is 10.1. The maximum absolute atomic E-state index is 5.85. The molecule has 6 heteroatoms. The predicted molar refractivity (Wildman–Crippen MR) is 106 cm³/mol. The number of aromatic nitrogens is 1.